The fourth-order valence-corrected chi connectivity index (χ4v) is 1.19. The lowest BCUT2D eigenvalue weighted by atomic mass is 10.0. The fourth-order valence-electron chi connectivity index (χ4n) is 0.999. The molecule has 0 N–H and O–H groups in total. The standard InChI is InChI=1S/C10H13S/c1-8(2)10-5-3-9(7-11)4-6-10/h3-6,8H,7H2,1-2H3. The van der Waals surface area contributed by atoms with E-state index in [1.165, 1.54) is 11.1 Å². The van der Waals surface area contributed by atoms with Gasteiger partial charge < -0.3 is 0 Å². The zero-order valence-electron chi connectivity index (χ0n) is 7.00. The number of rotatable bonds is 2. The number of benzene rings is 1. The van der Waals surface area contributed by atoms with E-state index in [0.717, 1.165) is 5.75 Å². The van der Waals surface area contributed by atoms with Crippen LogP contribution in [0.1, 0.15) is 30.9 Å². The summed E-state index contributed by atoms with van der Waals surface area (Å²) in [4.78, 5) is 0. The Kier molecular flexibility index (Phi) is 3.01. The van der Waals surface area contributed by atoms with Crippen LogP contribution in [0.15, 0.2) is 24.3 Å². The van der Waals surface area contributed by atoms with E-state index in [2.05, 4.69) is 38.1 Å². The van der Waals surface area contributed by atoms with Gasteiger partial charge in [0, 0.05) is 5.75 Å². The highest BCUT2D eigenvalue weighted by Crippen LogP contribution is 2.15. The lowest BCUT2D eigenvalue weighted by Crippen LogP contribution is -1.86. The summed E-state index contributed by atoms with van der Waals surface area (Å²) in [7, 11) is 0. The molecule has 11 heavy (non-hydrogen) atoms. The van der Waals surface area contributed by atoms with E-state index in [4.69, 9.17) is 12.6 Å². The van der Waals surface area contributed by atoms with E-state index in [1.807, 2.05) is 0 Å². The Morgan fingerprint density at radius 1 is 1.18 bits per heavy atom. The first-order valence-electron chi connectivity index (χ1n) is 3.91. The Morgan fingerprint density at radius 2 is 1.73 bits per heavy atom. The van der Waals surface area contributed by atoms with Crippen LogP contribution in [0, 0.1) is 0 Å². The van der Waals surface area contributed by atoms with E-state index in [1.54, 1.807) is 0 Å². The Bertz CT molecular complexity index is 211. The normalized spacial score (nSPS) is 10.5. The van der Waals surface area contributed by atoms with Crippen molar-refractivity contribution in [3.05, 3.63) is 35.4 Å². The van der Waals surface area contributed by atoms with Crippen LogP contribution in [0.3, 0.4) is 0 Å². The second-order valence-corrected chi connectivity index (χ2v) is 3.33. The summed E-state index contributed by atoms with van der Waals surface area (Å²) in [5.41, 5.74) is 2.63. The van der Waals surface area contributed by atoms with Crippen molar-refractivity contribution in [2.24, 2.45) is 0 Å². The molecule has 0 bridgehead atoms. The fraction of sp³-hybridized carbons (Fsp3) is 0.400. The van der Waals surface area contributed by atoms with Crippen molar-refractivity contribution in [2.45, 2.75) is 25.5 Å². The topological polar surface area (TPSA) is 0 Å². The minimum absolute atomic E-state index is 0.620. The average Bonchev–Trinajstić information content (AvgIpc) is 2.05. The quantitative estimate of drug-likeness (QED) is 0.629. The minimum Gasteiger partial charge on any atom is -0.0890 e. The van der Waals surface area contributed by atoms with E-state index < -0.39 is 0 Å². The molecule has 0 aliphatic rings. The molecule has 0 aromatic heterocycles. The summed E-state index contributed by atoms with van der Waals surface area (Å²) < 4.78 is 0. The van der Waals surface area contributed by atoms with Crippen molar-refractivity contribution in [1.82, 2.24) is 0 Å². The van der Waals surface area contributed by atoms with Gasteiger partial charge in [0.2, 0.25) is 0 Å². The highest BCUT2D eigenvalue weighted by Gasteiger charge is 1.96. The van der Waals surface area contributed by atoms with Crippen LogP contribution in [0.5, 0.6) is 0 Å². The highest BCUT2D eigenvalue weighted by atomic mass is 32.1. The van der Waals surface area contributed by atoms with Crippen LogP contribution in [-0.2, 0) is 5.75 Å². The summed E-state index contributed by atoms with van der Waals surface area (Å²) >= 11 is 4.93. The van der Waals surface area contributed by atoms with E-state index in [-0.39, 0.29) is 0 Å². The van der Waals surface area contributed by atoms with Crippen molar-refractivity contribution in [1.29, 1.82) is 0 Å². The molecule has 0 aliphatic carbocycles. The summed E-state index contributed by atoms with van der Waals surface area (Å²) in [6.45, 7) is 4.39. The van der Waals surface area contributed by atoms with Gasteiger partial charge in [0.05, 0.1) is 0 Å². The minimum atomic E-state index is 0.620. The molecule has 0 fully saturated rings. The van der Waals surface area contributed by atoms with Crippen molar-refractivity contribution < 1.29 is 0 Å². The molecule has 59 valence electrons. The van der Waals surface area contributed by atoms with Crippen LogP contribution < -0.4 is 0 Å². The highest BCUT2D eigenvalue weighted by molar-refractivity contribution is 7.79. The Balaban J connectivity index is 2.83. The van der Waals surface area contributed by atoms with Gasteiger partial charge in [0.1, 0.15) is 0 Å². The van der Waals surface area contributed by atoms with Gasteiger partial charge in [-0.3, -0.25) is 0 Å². The van der Waals surface area contributed by atoms with Crippen molar-refractivity contribution in [3.8, 4) is 0 Å². The molecule has 0 amide bonds. The summed E-state index contributed by atoms with van der Waals surface area (Å²) in [6.07, 6.45) is 0. The average molecular weight is 165 g/mol. The lowest BCUT2D eigenvalue weighted by Gasteiger charge is -2.04. The molecule has 0 unspecified atom stereocenters. The Morgan fingerprint density at radius 3 is 2.09 bits per heavy atom. The molecular formula is C10H13S. The van der Waals surface area contributed by atoms with Crippen LogP contribution in [0.4, 0.5) is 0 Å². The van der Waals surface area contributed by atoms with E-state index in [0.29, 0.717) is 5.92 Å². The number of hydrogen-bond donors (Lipinski definition) is 0. The Hall–Kier alpha value is -0.430. The monoisotopic (exact) mass is 165 g/mol. The SMILES string of the molecule is CC(C)c1ccc(C[S])cc1. The van der Waals surface area contributed by atoms with Gasteiger partial charge in [-0.2, -0.15) is 0 Å². The van der Waals surface area contributed by atoms with Gasteiger partial charge in [-0.15, -0.1) is 0 Å². The lowest BCUT2D eigenvalue weighted by molar-refractivity contribution is 0.866. The third kappa shape index (κ3) is 2.26. The van der Waals surface area contributed by atoms with E-state index >= 15 is 0 Å². The first-order chi connectivity index (χ1) is 5.24. The molecule has 0 spiro atoms. The maximum atomic E-state index is 4.93. The Labute approximate surface area is 74.0 Å². The van der Waals surface area contributed by atoms with Gasteiger partial charge >= 0.3 is 0 Å². The zero-order chi connectivity index (χ0) is 8.27. The first-order valence-corrected chi connectivity index (χ1v) is 4.48. The largest absolute Gasteiger partial charge is 0.0890 e. The second-order valence-electron chi connectivity index (χ2n) is 3.04. The van der Waals surface area contributed by atoms with Crippen LogP contribution in [-0.4, -0.2) is 0 Å². The molecule has 1 heteroatoms. The maximum absolute atomic E-state index is 4.93. The third-order valence-electron chi connectivity index (χ3n) is 1.81. The van der Waals surface area contributed by atoms with Gasteiger partial charge in [0.25, 0.3) is 0 Å². The summed E-state index contributed by atoms with van der Waals surface area (Å²) in [5, 5.41) is 0. The van der Waals surface area contributed by atoms with Crippen LogP contribution in [0.25, 0.3) is 0 Å². The number of hydrogen-bond acceptors (Lipinski definition) is 0. The van der Waals surface area contributed by atoms with Crippen molar-refractivity contribution in [3.63, 3.8) is 0 Å². The van der Waals surface area contributed by atoms with Gasteiger partial charge in [-0.1, -0.05) is 50.7 Å². The molecule has 0 atom stereocenters. The van der Waals surface area contributed by atoms with Crippen LogP contribution in [0.2, 0.25) is 0 Å². The predicted molar refractivity (Wildman–Crippen MR) is 51.8 cm³/mol. The van der Waals surface area contributed by atoms with E-state index in [9.17, 15) is 0 Å². The zero-order valence-corrected chi connectivity index (χ0v) is 7.82. The first kappa shape index (κ1) is 8.66. The summed E-state index contributed by atoms with van der Waals surface area (Å²) in [6, 6.07) is 8.54. The smallest absolute Gasteiger partial charge is 0.0288 e. The molecule has 0 nitrogen and oxygen atoms in total. The second kappa shape index (κ2) is 3.82. The molecule has 0 heterocycles. The molecule has 1 aromatic carbocycles. The van der Waals surface area contributed by atoms with Crippen molar-refractivity contribution in [2.75, 3.05) is 0 Å². The molecule has 1 radical (unpaired) electrons. The summed E-state index contributed by atoms with van der Waals surface area (Å²) in [5.74, 6) is 1.34. The molecule has 0 aliphatic heterocycles. The van der Waals surface area contributed by atoms with Gasteiger partial charge in [-0.25, -0.2) is 0 Å². The predicted octanol–water partition coefficient (Wildman–Crippen LogP) is 3.51. The third-order valence-corrected chi connectivity index (χ3v) is 2.15. The molecule has 1 aromatic rings. The molecule has 0 saturated carbocycles. The maximum Gasteiger partial charge on any atom is 0.0288 e. The molecule has 0 saturated heterocycles. The molecular weight excluding hydrogens is 152 g/mol. The van der Waals surface area contributed by atoms with Gasteiger partial charge in [0.15, 0.2) is 0 Å². The van der Waals surface area contributed by atoms with Crippen molar-refractivity contribution >= 4 is 12.6 Å². The van der Waals surface area contributed by atoms with Crippen LogP contribution >= 0.6 is 12.6 Å². The van der Waals surface area contributed by atoms with Gasteiger partial charge in [-0.05, 0) is 17.0 Å². The molecule has 1 rings (SSSR count).